The van der Waals surface area contributed by atoms with Crippen molar-refractivity contribution in [3.8, 4) is 11.3 Å². The average molecular weight is 290 g/mol. The number of benzene rings is 1. The number of nitrogens with one attached hydrogen (secondary N) is 1. The van der Waals surface area contributed by atoms with E-state index in [2.05, 4.69) is 27.9 Å². The molecule has 1 aliphatic heterocycles. The fourth-order valence-corrected chi connectivity index (χ4v) is 3.19. The lowest BCUT2D eigenvalue weighted by molar-refractivity contribution is 0.202. The van der Waals surface area contributed by atoms with Gasteiger partial charge in [0.25, 0.3) is 0 Å². The second-order valence-electron chi connectivity index (χ2n) is 6.01. The van der Waals surface area contributed by atoms with Crippen LogP contribution in [0.25, 0.3) is 11.3 Å². The second-order valence-corrected chi connectivity index (χ2v) is 6.44. The van der Waals surface area contributed by atoms with Gasteiger partial charge in [0.15, 0.2) is 0 Å². The maximum absolute atomic E-state index is 6.09. The molecule has 0 amide bonds. The molecule has 3 nitrogen and oxygen atoms in total. The van der Waals surface area contributed by atoms with Crippen LogP contribution in [0, 0.1) is 5.41 Å². The monoisotopic (exact) mass is 289 g/mol. The van der Waals surface area contributed by atoms with Gasteiger partial charge in [-0.05, 0) is 36.9 Å². The summed E-state index contributed by atoms with van der Waals surface area (Å²) in [6, 6.07) is 7.97. The lowest BCUT2D eigenvalue weighted by Gasteiger charge is -2.34. The third-order valence-electron chi connectivity index (χ3n) is 4.07. The van der Waals surface area contributed by atoms with E-state index in [1.807, 2.05) is 30.7 Å². The summed E-state index contributed by atoms with van der Waals surface area (Å²) < 4.78 is 2.25. The zero-order chi connectivity index (χ0) is 14.0. The third-order valence-corrected chi connectivity index (χ3v) is 4.31. The van der Waals surface area contributed by atoms with Crippen LogP contribution in [0.15, 0.2) is 36.8 Å². The molecular formula is C16H20ClN3. The molecule has 3 rings (SSSR count). The maximum atomic E-state index is 6.09. The highest BCUT2D eigenvalue weighted by Crippen LogP contribution is 2.30. The smallest absolute Gasteiger partial charge is 0.0951 e. The van der Waals surface area contributed by atoms with Crippen LogP contribution in [0.2, 0.25) is 5.02 Å². The van der Waals surface area contributed by atoms with Crippen molar-refractivity contribution in [1.29, 1.82) is 0 Å². The number of imidazole rings is 1. The van der Waals surface area contributed by atoms with E-state index in [1.165, 1.54) is 12.8 Å². The van der Waals surface area contributed by atoms with E-state index in [0.717, 1.165) is 35.9 Å². The van der Waals surface area contributed by atoms with E-state index in [0.29, 0.717) is 5.41 Å². The Kier molecular flexibility index (Phi) is 3.81. The molecule has 0 spiro atoms. The lowest BCUT2D eigenvalue weighted by Crippen LogP contribution is -2.40. The summed E-state index contributed by atoms with van der Waals surface area (Å²) >= 11 is 6.09. The van der Waals surface area contributed by atoms with E-state index < -0.39 is 0 Å². The predicted octanol–water partition coefficient (Wildman–Crippen LogP) is 3.59. The van der Waals surface area contributed by atoms with Gasteiger partial charge >= 0.3 is 0 Å². The summed E-state index contributed by atoms with van der Waals surface area (Å²) in [5.41, 5.74) is 2.56. The summed E-state index contributed by atoms with van der Waals surface area (Å²) in [6.45, 7) is 5.55. The van der Waals surface area contributed by atoms with Crippen molar-refractivity contribution in [3.05, 3.63) is 41.8 Å². The first kappa shape index (κ1) is 13.7. The molecule has 106 valence electrons. The van der Waals surface area contributed by atoms with Gasteiger partial charge in [-0.3, -0.25) is 0 Å². The van der Waals surface area contributed by atoms with Crippen molar-refractivity contribution in [2.24, 2.45) is 5.41 Å². The highest BCUT2D eigenvalue weighted by atomic mass is 35.5. The maximum Gasteiger partial charge on any atom is 0.0951 e. The van der Waals surface area contributed by atoms with Gasteiger partial charge in [0.05, 0.1) is 18.2 Å². The quantitative estimate of drug-likeness (QED) is 0.936. The van der Waals surface area contributed by atoms with Crippen molar-refractivity contribution in [3.63, 3.8) is 0 Å². The number of rotatable bonds is 3. The summed E-state index contributed by atoms with van der Waals surface area (Å²) in [7, 11) is 0. The minimum atomic E-state index is 0.298. The van der Waals surface area contributed by atoms with Gasteiger partial charge in [0, 0.05) is 23.7 Å². The summed E-state index contributed by atoms with van der Waals surface area (Å²) in [6.07, 6.45) is 6.35. The number of hydrogen-bond donors (Lipinski definition) is 1. The number of nitrogens with zero attached hydrogens (tertiary/aromatic N) is 2. The second kappa shape index (κ2) is 5.58. The standard InChI is InChI=1S/C16H20ClN3/c1-16(6-3-7-18-10-16)11-20-12-19-9-15(20)13-4-2-5-14(17)8-13/h2,4-5,8-9,12,18H,3,6-7,10-11H2,1H3. The molecule has 1 aliphatic rings. The normalized spacial score (nSPS) is 22.9. The van der Waals surface area contributed by atoms with Gasteiger partial charge in [-0.2, -0.15) is 0 Å². The van der Waals surface area contributed by atoms with Crippen LogP contribution in [0.4, 0.5) is 0 Å². The fraction of sp³-hybridized carbons (Fsp3) is 0.438. The zero-order valence-corrected chi connectivity index (χ0v) is 12.5. The van der Waals surface area contributed by atoms with Gasteiger partial charge in [0.1, 0.15) is 0 Å². The SMILES string of the molecule is CC1(Cn2cncc2-c2cccc(Cl)c2)CCCNC1. The Morgan fingerprint density at radius 2 is 2.35 bits per heavy atom. The lowest BCUT2D eigenvalue weighted by atomic mass is 9.82. The van der Waals surface area contributed by atoms with Crippen molar-refractivity contribution in [1.82, 2.24) is 14.9 Å². The molecule has 1 aromatic heterocycles. The highest BCUT2D eigenvalue weighted by molar-refractivity contribution is 6.30. The van der Waals surface area contributed by atoms with Crippen LogP contribution in [-0.2, 0) is 6.54 Å². The highest BCUT2D eigenvalue weighted by Gasteiger charge is 2.27. The predicted molar refractivity (Wildman–Crippen MR) is 82.9 cm³/mol. The van der Waals surface area contributed by atoms with Crippen LogP contribution in [0.5, 0.6) is 0 Å². The van der Waals surface area contributed by atoms with Crippen molar-refractivity contribution < 1.29 is 0 Å². The molecule has 1 aromatic carbocycles. The first-order chi connectivity index (χ1) is 9.66. The number of aromatic nitrogens is 2. The Morgan fingerprint density at radius 3 is 3.10 bits per heavy atom. The summed E-state index contributed by atoms with van der Waals surface area (Å²) in [5, 5.41) is 4.27. The molecule has 2 heterocycles. The van der Waals surface area contributed by atoms with Gasteiger partial charge in [-0.15, -0.1) is 0 Å². The molecule has 4 heteroatoms. The molecule has 0 bridgehead atoms. The molecular weight excluding hydrogens is 270 g/mol. The van der Waals surface area contributed by atoms with Gasteiger partial charge in [-0.25, -0.2) is 4.98 Å². The van der Waals surface area contributed by atoms with E-state index in [-0.39, 0.29) is 0 Å². The Bertz CT molecular complexity index is 585. The first-order valence-electron chi connectivity index (χ1n) is 7.13. The molecule has 2 aromatic rings. The molecule has 1 unspecified atom stereocenters. The molecule has 0 radical (unpaired) electrons. The molecule has 1 fully saturated rings. The van der Waals surface area contributed by atoms with E-state index in [4.69, 9.17) is 11.6 Å². The van der Waals surface area contributed by atoms with E-state index in [1.54, 1.807) is 0 Å². The first-order valence-corrected chi connectivity index (χ1v) is 7.51. The molecule has 1 saturated heterocycles. The van der Waals surface area contributed by atoms with E-state index >= 15 is 0 Å². The Morgan fingerprint density at radius 1 is 1.45 bits per heavy atom. The van der Waals surface area contributed by atoms with Crippen LogP contribution in [-0.4, -0.2) is 22.6 Å². The average Bonchev–Trinajstić information content (AvgIpc) is 2.87. The van der Waals surface area contributed by atoms with Crippen LogP contribution >= 0.6 is 11.6 Å². The molecule has 1 N–H and O–H groups in total. The Hall–Kier alpha value is -1.32. The van der Waals surface area contributed by atoms with Gasteiger partial charge < -0.3 is 9.88 Å². The van der Waals surface area contributed by atoms with Gasteiger partial charge in [0.2, 0.25) is 0 Å². The van der Waals surface area contributed by atoms with Crippen LogP contribution < -0.4 is 5.32 Å². The Labute approximate surface area is 125 Å². The Balaban J connectivity index is 1.87. The summed E-state index contributed by atoms with van der Waals surface area (Å²) in [4.78, 5) is 4.32. The zero-order valence-electron chi connectivity index (χ0n) is 11.8. The fourth-order valence-electron chi connectivity index (χ4n) is 3.00. The number of hydrogen-bond acceptors (Lipinski definition) is 2. The van der Waals surface area contributed by atoms with Crippen molar-refractivity contribution in [2.75, 3.05) is 13.1 Å². The van der Waals surface area contributed by atoms with Gasteiger partial charge in [-0.1, -0.05) is 30.7 Å². The minimum absolute atomic E-state index is 0.298. The van der Waals surface area contributed by atoms with Crippen molar-refractivity contribution in [2.45, 2.75) is 26.3 Å². The molecule has 1 atom stereocenters. The largest absolute Gasteiger partial charge is 0.330 e. The van der Waals surface area contributed by atoms with Crippen LogP contribution in [0.1, 0.15) is 19.8 Å². The van der Waals surface area contributed by atoms with Crippen LogP contribution in [0.3, 0.4) is 0 Å². The molecule has 0 saturated carbocycles. The minimum Gasteiger partial charge on any atom is -0.330 e. The summed E-state index contributed by atoms with van der Waals surface area (Å²) in [5.74, 6) is 0. The third kappa shape index (κ3) is 2.89. The molecule has 0 aliphatic carbocycles. The van der Waals surface area contributed by atoms with E-state index in [9.17, 15) is 0 Å². The van der Waals surface area contributed by atoms with Crippen molar-refractivity contribution >= 4 is 11.6 Å². The number of halogens is 1. The number of piperidine rings is 1. The topological polar surface area (TPSA) is 29.9 Å². The molecule has 20 heavy (non-hydrogen) atoms.